The van der Waals surface area contributed by atoms with Gasteiger partial charge in [-0.1, -0.05) is 6.92 Å². The number of carbonyl (C=O) groups is 1. The highest BCUT2D eigenvalue weighted by Crippen LogP contribution is 2.27. The van der Waals surface area contributed by atoms with E-state index in [1.165, 1.54) is 0 Å². The quantitative estimate of drug-likeness (QED) is 0.547. The molecule has 0 bridgehead atoms. The highest BCUT2D eigenvalue weighted by molar-refractivity contribution is 5.95. The fourth-order valence-corrected chi connectivity index (χ4v) is 1.90. The van der Waals surface area contributed by atoms with Crippen molar-refractivity contribution in [1.82, 2.24) is 15.1 Å². The van der Waals surface area contributed by atoms with Crippen LogP contribution in [-0.4, -0.2) is 33.7 Å². The summed E-state index contributed by atoms with van der Waals surface area (Å²) in [4.78, 5) is 21.6. The van der Waals surface area contributed by atoms with Crippen LogP contribution in [0.2, 0.25) is 0 Å². The molecule has 17 heavy (non-hydrogen) atoms. The highest BCUT2D eigenvalue weighted by Gasteiger charge is 2.33. The average Bonchev–Trinajstić information content (AvgIpc) is 2.54. The lowest BCUT2D eigenvalue weighted by molar-refractivity contribution is -0.385. The summed E-state index contributed by atoms with van der Waals surface area (Å²) in [5.41, 5.74) is 5.06. The van der Waals surface area contributed by atoms with Crippen molar-refractivity contribution in [3.05, 3.63) is 21.5 Å². The third-order valence-corrected chi connectivity index (χ3v) is 2.84. The number of nitrogens with two attached hydrogens (primary N) is 1. The zero-order chi connectivity index (χ0) is 12.6. The Labute approximate surface area is 96.9 Å². The molecule has 2 rings (SSSR count). The van der Waals surface area contributed by atoms with Crippen LogP contribution in [0.4, 0.5) is 5.69 Å². The minimum atomic E-state index is -0.863. The summed E-state index contributed by atoms with van der Waals surface area (Å²) in [6.07, 6.45) is 0.438. The Kier molecular flexibility index (Phi) is 2.80. The first-order valence-corrected chi connectivity index (χ1v) is 5.32. The second-order valence-electron chi connectivity index (χ2n) is 3.88. The lowest BCUT2D eigenvalue weighted by atomic mass is 10.1. The summed E-state index contributed by atoms with van der Waals surface area (Å²) >= 11 is 0. The van der Waals surface area contributed by atoms with Gasteiger partial charge < -0.3 is 11.1 Å². The zero-order valence-electron chi connectivity index (χ0n) is 9.34. The number of primary amides is 1. The molecule has 0 unspecified atom stereocenters. The molecule has 0 radical (unpaired) electrons. The van der Waals surface area contributed by atoms with Crippen molar-refractivity contribution in [1.29, 1.82) is 0 Å². The van der Waals surface area contributed by atoms with E-state index in [0.29, 0.717) is 25.2 Å². The molecule has 1 aromatic rings. The van der Waals surface area contributed by atoms with Crippen LogP contribution in [-0.2, 0) is 6.42 Å². The van der Waals surface area contributed by atoms with Gasteiger partial charge in [-0.2, -0.15) is 5.10 Å². The van der Waals surface area contributed by atoms with Crippen LogP contribution in [0, 0.1) is 10.1 Å². The summed E-state index contributed by atoms with van der Waals surface area (Å²) < 4.78 is 1.55. The predicted molar refractivity (Wildman–Crippen MR) is 58.7 cm³/mol. The Morgan fingerprint density at radius 2 is 2.35 bits per heavy atom. The normalized spacial score (nSPS) is 15.6. The van der Waals surface area contributed by atoms with Gasteiger partial charge in [0, 0.05) is 13.1 Å². The molecular formula is C9H13N5O3. The van der Waals surface area contributed by atoms with E-state index in [9.17, 15) is 14.9 Å². The summed E-state index contributed by atoms with van der Waals surface area (Å²) in [7, 11) is 0. The molecule has 8 nitrogen and oxygen atoms in total. The van der Waals surface area contributed by atoms with E-state index in [4.69, 9.17) is 5.73 Å². The van der Waals surface area contributed by atoms with E-state index in [-0.39, 0.29) is 17.4 Å². The largest absolute Gasteiger partial charge is 0.364 e. The zero-order valence-corrected chi connectivity index (χ0v) is 9.34. The van der Waals surface area contributed by atoms with Crippen molar-refractivity contribution in [2.45, 2.75) is 19.4 Å². The van der Waals surface area contributed by atoms with Crippen molar-refractivity contribution in [2.75, 3.05) is 13.1 Å². The number of aromatic nitrogens is 2. The maximum atomic E-state index is 11.2. The molecule has 1 fully saturated rings. The fourth-order valence-electron chi connectivity index (χ4n) is 1.90. The number of nitrogens with zero attached hydrogens (tertiary/aromatic N) is 3. The van der Waals surface area contributed by atoms with E-state index in [0.717, 1.165) is 0 Å². The molecule has 1 aromatic heterocycles. The van der Waals surface area contributed by atoms with Gasteiger partial charge >= 0.3 is 5.69 Å². The number of nitro groups is 1. The number of amides is 1. The molecule has 0 spiro atoms. The van der Waals surface area contributed by atoms with Gasteiger partial charge in [0.25, 0.3) is 5.91 Å². The van der Waals surface area contributed by atoms with E-state index in [1.54, 1.807) is 11.6 Å². The van der Waals surface area contributed by atoms with Crippen LogP contribution >= 0.6 is 0 Å². The minimum absolute atomic E-state index is 0.0664. The number of carbonyl (C=O) groups excluding carboxylic acids is 1. The van der Waals surface area contributed by atoms with E-state index >= 15 is 0 Å². The third kappa shape index (κ3) is 1.76. The van der Waals surface area contributed by atoms with Gasteiger partial charge in [-0.3, -0.25) is 19.6 Å². The Morgan fingerprint density at radius 1 is 1.71 bits per heavy atom. The molecular weight excluding hydrogens is 226 g/mol. The molecule has 8 heteroatoms. The van der Waals surface area contributed by atoms with Crippen LogP contribution in [0.25, 0.3) is 0 Å². The van der Waals surface area contributed by atoms with Crippen LogP contribution in [0.1, 0.15) is 29.1 Å². The third-order valence-electron chi connectivity index (χ3n) is 2.84. The second kappa shape index (κ2) is 4.13. The monoisotopic (exact) mass is 239 g/mol. The lowest BCUT2D eigenvalue weighted by Crippen LogP contribution is -2.44. The molecule has 2 heterocycles. The van der Waals surface area contributed by atoms with Gasteiger partial charge in [-0.15, -0.1) is 0 Å². The Bertz CT molecular complexity index is 477. The topological polar surface area (TPSA) is 116 Å². The standard InChI is InChI=1S/C9H13N5O3/c1-2-6-8(14(16)17)7(9(10)15)12-13(6)5-3-11-4-5/h5,11H,2-4H2,1H3,(H2,10,15). The van der Waals surface area contributed by atoms with E-state index in [2.05, 4.69) is 10.4 Å². The van der Waals surface area contributed by atoms with Crippen molar-refractivity contribution < 1.29 is 9.72 Å². The van der Waals surface area contributed by atoms with Gasteiger partial charge in [0.15, 0.2) is 0 Å². The molecule has 0 aromatic carbocycles. The van der Waals surface area contributed by atoms with E-state index in [1.807, 2.05) is 0 Å². The maximum absolute atomic E-state index is 11.2. The lowest BCUT2D eigenvalue weighted by Gasteiger charge is -2.28. The van der Waals surface area contributed by atoms with Crippen LogP contribution < -0.4 is 11.1 Å². The molecule has 0 saturated carbocycles. The number of nitrogens with one attached hydrogen (secondary N) is 1. The minimum Gasteiger partial charge on any atom is -0.364 e. The molecule has 1 aliphatic heterocycles. The SMILES string of the molecule is CCc1c([N+](=O)[O-])c(C(N)=O)nn1C1CNC1. The van der Waals surface area contributed by atoms with Gasteiger partial charge in [0.05, 0.1) is 11.0 Å². The molecule has 0 atom stereocenters. The molecule has 1 saturated heterocycles. The Balaban J connectivity index is 2.56. The summed E-state index contributed by atoms with van der Waals surface area (Å²) in [6, 6.07) is 0.0664. The average molecular weight is 239 g/mol. The van der Waals surface area contributed by atoms with Crippen molar-refractivity contribution in [3.8, 4) is 0 Å². The first-order chi connectivity index (χ1) is 8.06. The maximum Gasteiger partial charge on any atom is 0.323 e. The van der Waals surface area contributed by atoms with Gasteiger partial charge in [-0.05, 0) is 6.42 Å². The summed E-state index contributed by atoms with van der Waals surface area (Å²) in [6.45, 7) is 3.19. The molecule has 0 aliphatic carbocycles. The fraction of sp³-hybridized carbons (Fsp3) is 0.556. The van der Waals surface area contributed by atoms with Crippen molar-refractivity contribution in [3.63, 3.8) is 0 Å². The Hall–Kier alpha value is -1.96. The predicted octanol–water partition coefficient (Wildman–Crippen LogP) is -0.403. The Morgan fingerprint density at radius 3 is 2.71 bits per heavy atom. The summed E-state index contributed by atoms with van der Waals surface area (Å²) in [5.74, 6) is -0.863. The molecule has 1 amide bonds. The molecule has 92 valence electrons. The number of rotatable bonds is 4. The molecule has 3 N–H and O–H groups in total. The number of hydrogen-bond donors (Lipinski definition) is 2. The van der Waals surface area contributed by atoms with Crippen LogP contribution in [0.15, 0.2) is 0 Å². The molecule has 1 aliphatic rings. The van der Waals surface area contributed by atoms with Gasteiger partial charge in [-0.25, -0.2) is 0 Å². The first kappa shape index (κ1) is 11.5. The van der Waals surface area contributed by atoms with Crippen LogP contribution in [0.5, 0.6) is 0 Å². The van der Waals surface area contributed by atoms with Gasteiger partial charge in [0.2, 0.25) is 5.69 Å². The van der Waals surface area contributed by atoms with E-state index < -0.39 is 10.8 Å². The first-order valence-electron chi connectivity index (χ1n) is 5.32. The van der Waals surface area contributed by atoms with Crippen LogP contribution in [0.3, 0.4) is 0 Å². The highest BCUT2D eigenvalue weighted by atomic mass is 16.6. The summed E-state index contributed by atoms with van der Waals surface area (Å²) in [5, 5.41) is 18.0. The number of hydrogen-bond acceptors (Lipinski definition) is 5. The van der Waals surface area contributed by atoms with Crippen molar-refractivity contribution >= 4 is 11.6 Å². The smallest absolute Gasteiger partial charge is 0.323 e. The van der Waals surface area contributed by atoms with Crippen molar-refractivity contribution in [2.24, 2.45) is 5.73 Å². The van der Waals surface area contributed by atoms with Gasteiger partial charge in [0.1, 0.15) is 5.69 Å². The second-order valence-corrected chi connectivity index (χ2v) is 3.88.